The number of aliphatic hydroxyl groups is 1. The summed E-state index contributed by atoms with van der Waals surface area (Å²) in [5, 5.41) is 16.5. The van der Waals surface area contributed by atoms with Crippen LogP contribution in [0.3, 0.4) is 0 Å². The van der Waals surface area contributed by atoms with Crippen molar-refractivity contribution in [3.8, 4) is 0 Å². The van der Waals surface area contributed by atoms with Gasteiger partial charge in [0.1, 0.15) is 11.5 Å². The summed E-state index contributed by atoms with van der Waals surface area (Å²) in [6, 6.07) is 3.71. The van der Waals surface area contributed by atoms with Gasteiger partial charge in [-0.3, -0.25) is 10.4 Å². The number of aliphatic hydroxyl groups excluding tert-OH is 1. The number of hydrogen-bond donors (Lipinski definition) is 3. The van der Waals surface area contributed by atoms with Crippen LogP contribution in [0.4, 0.5) is 0 Å². The number of nitrogens with two attached hydrogens (primary N) is 1. The number of nitrogens with zero attached hydrogens (tertiary/aromatic N) is 1. The zero-order chi connectivity index (χ0) is 11.3. The minimum absolute atomic E-state index is 0.0192. The maximum absolute atomic E-state index is 8.80. The van der Waals surface area contributed by atoms with E-state index in [-0.39, 0.29) is 17.7 Å². The third kappa shape index (κ3) is 3.53. The highest BCUT2D eigenvalue weighted by Crippen LogP contribution is 2.26. The Morgan fingerprint density at radius 2 is 2.47 bits per heavy atom. The molecule has 5 heteroatoms. The lowest BCUT2D eigenvalue weighted by Gasteiger charge is -2.11. The Labute approximate surface area is 93.4 Å². The van der Waals surface area contributed by atoms with Crippen LogP contribution in [0, 0.1) is 5.41 Å². The minimum atomic E-state index is -0.0192. The van der Waals surface area contributed by atoms with Crippen LogP contribution in [-0.4, -0.2) is 27.8 Å². The first-order valence-electron chi connectivity index (χ1n) is 4.72. The number of hydrogen-bond acceptors (Lipinski definition) is 4. The molecule has 4 nitrogen and oxygen atoms in total. The van der Waals surface area contributed by atoms with Gasteiger partial charge in [0.15, 0.2) is 0 Å². The van der Waals surface area contributed by atoms with Gasteiger partial charge in [-0.1, -0.05) is 6.92 Å². The van der Waals surface area contributed by atoms with Crippen LogP contribution >= 0.6 is 11.8 Å². The second kappa shape index (κ2) is 5.72. The Balaban J connectivity index is 2.79. The van der Waals surface area contributed by atoms with Crippen molar-refractivity contribution in [1.82, 2.24) is 4.98 Å². The SMILES string of the molecule is CC(CCO)Sc1cccnc1C(=N)N. The number of aromatic nitrogens is 1. The van der Waals surface area contributed by atoms with Crippen LogP contribution in [0.1, 0.15) is 19.0 Å². The Kier molecular flexibility index (Phi) is 4.58. The molecule has 0 fully saturated rings. The maximum Gasteiger partial charge on any atom is 0.142 e. The fourth-order valence-corrected chi connectivity index (χ4v) is 2.23. The second-order valence-corrected chi connectivity index (χ2v) is 4.68. The molecule has 0 aliphatic carbocycles. The lowest BCUT2D eigenvalue weighted by atomic mass is 10.3. The van der Waals surface area contributed by atoms with Crippen LogP contribution in [0.5, 0.6) is 0 Å². The number of amidine groups is 1. The van der Waals surface area contributed by atoms with Crippen molar-refractivity contribution in [2.45, 2.75) is 23.5 Å². The summed E-state index contributed by atoms with van der Waals surface area (Å²) in [5.41, 5.74) is 5.94. The third-order valence-electron chi connectivity index (χ3n) is 1.89. The summed E-state index contributed by atoms with van der Waals surface area (Å²) in [4.78, 5) is 4.95. The molecule has 0 saturated heterocycles. The van der Waals surface area contributed by atoms with E-state index in [1.54, 1.807) is 18.0 Å². The Morgan fingerprint density at radius 3 is 3.07 bits per heavy atom. The Bertz CT molecular complexity index is 343. The molecule has 0 amide bonds. The molecule has 1 atom stereocenters. The van der Waals surface area contributed by atoms with Gasteiger partial charge in [-0.2, -0.15) is 0 Å². The summed E-state index contributed by atoms with van der Waals surface area (Å²) >= 11 is 1.58. The number of thioether (sulfide) groups is 1. The van der Waals surface area contributed by atoms with Crippen LogP contribution in [0.2, 0.25) is 0 Å². The smallest absolute Gasteiger partial charge is 0.142 e. The summed E-state index contributed by atoms with van der Waals surface area (Å²) in [7, 11) is 0. The first kappa shape index (κ1) is 12.0. The molecule has 0 spiro atoms. The molecule has 0 aromatic carbocycles. The topological polar surface area (TPSA) is 83.0 Å². The van der Waals surface area contributed by atoms with Gasteiger partial charge >= 0.3 is 0 Å². The van der Waals surface area contributed by atoms with E-state index in [0.717, 1.165) is 11.3 Å². The molecule has 1 aromatic rings. The number of pyridine rings is 1. The maximum atomic E-state index is 8.80. The van der Waals surface area contributed by atoms with Gasteiger partial charge in [0, 0.05) is 22.9 Å². The zero-order valence-electron chi connectivity index (χ0n) is 8.60. The molecule has 82 valence electrons. The predicted molar refractivity (Wildman–Crippen MR) is 62.3 cm³/mol. The van der Waals surface area contributed by atoms with Crippen LogP contribution < -0.4 is 5.73 Å². The molecule has 1 heterocycles. The standard InChI is InChI=1S/C10H15N3OS/c1-7(4-6-14)15-8-3-2-5-13-9(8)10(11)12/h2-3,5,7,14H,4,6H2,1H3,(H3,11,12). The lowest BCUT2D eigenvalue weighted by Crippen LogP contribution is -2.15. The van der Waals surface area contributed by atoms with Crippen molar-refractivity contribution < 1.29 is 5.11 Å². The molecule has 0 radical (unpaired) electrons. The predicted octanol–water partition coefficient (Wildman–Crippen LogP) is 1.23. The molecule has 1 unspecified atom stereocenters. The normalized spacial score (nSPS) is 12.4. The average Bonchev–Trinajstić information content (AvgIpc) is 2.18. The third-order valence-corrected chi connectivity index (χ3v) is 3.11. The van der Waals surface area contributed by atoms with Crippen LogP contribution in [-0.2, 0) is 0 Å². The van der Waals surface area contributed by atoms with E-state index in [1.807, 2.05) is 19.1 Å². The molecule has 0 saturated carbocycles. The molecule has 0 aliphatic heterocycles. The first-order valence-corrected chi connectivity index (χ1v) is 5.60. The quantitative estimate of drug-likeness (QED) is 0.400. The largest absolute Gasteiger partial charge is 0.396 e. The summed E-state index contributed by atoms with van der Waals surface area (Å²) in [6.45, 7) is 2.20. The van der Waals surface area contributed by atoms with E-state index in [9.17, 15) is 0 Å². The van der Waals surface area contributed by atoms with Crippen molar-refractivity contribution in [3.63, 3.8) is 0 Å². The molecule has 0 aliphatic rings. The fourth-order valence-electron chi connectivity index (χ4n) is 1.15. The van der Waals surface area contributed by atoms with Gasteiger partial charge in [0.05, 0.1) is 0 Å². The lowest BCUT2D eigenvalue weighted by molar-refractivity contribution is 0.289. The second-order valence-electron chi connectivity index (χ2n) is 3.20. The van der Waals surface area contributed by atoms with Crippen molar-refractivity contribution in [1.29, 1.82) is 5.41 Å². The Hall–Kier alpha value is -1.07. The van der Waals surface area contributed by atoms with Crippen LogP contribution in [0.25, 0.3) is 0 Å². The minimum Gasteiger partial charge on any atom is -0.396 e. The van der Waals surface area contributed by atoms with E-state index < -0.39 is 0 Å². The molecule has 0 bridgehead atoms. The summed E-state index contributed by atoms with van der Waals surface area (Å²) < 4.78 is 0. The van der Waals surface area contributed by atoms with Gasteiger partial charge in [-0.05, 0) is 18.6 Å². The average molecular weight is 225 g/mol. The van der Waals surface area contributed by atoms with E-state index in [1.165, 1.54) is 0 Å². The highest BCUT2D eigenvalue weighted by Gasteiger charge is 2.10. The molecule has 4 N–H and O–H groups in total. The monoisotopic (exact) mass is 225 g/mol. The van der Waals surface area contributed by atoms with E-state index >= 15 is 0 Å². The van der Waals surface area contributed by atoms with E-state index in [2.05, 4.69) is 4.98 Å². The summed E-state index contributed by atoms with van der Waals surface area (Å²) in [6.07, 6.45) is 2.34. The summed E-state index contributed by atoms with van der Waals surface area (Å²) in [5.74, 6) is -0.0192. The van der Waals surface area contributed by atoms with Gasteiger partial charge in [0.2, 0.25) is 0 Å². The first-order chi connectivity index (χ1) is 7.15. The zero-order valence-corrected chi connectivity index (χ0v) is 9.42. The van der Waals surface area contributed by atoms with Crippen molar-refractivity contribution >= 4 is 17.6 Å². The van der Waals surface area contributed by atoms with Gasteiger partial charge in [-0.15, -0.1) is 11.8 Å². The van der Waals surface area contributed by atoms with Gasteiger partial charge < -0.3 is 10.8 Å². The van der Waals surface area contributed by atoms with Gasteiger partial charge in [-0.25, -0.2) is 0 Å². The number of nitrogen functional groups attached to an aromatic ring is 1. The van der Waals surface area contributed by atoms with Gasteiger partial charge in [0.25, 0.3) is 0 Å². The van der Waals surface area contributed by atoms with Crippen molar-refractivity contribution in [2.24, 2.45) is 5.73 Å². The molecular weight excluding hydrogens is 210 g/mol. The molecule has 1 rings (SSSR count). The molecule has 1 aromatic heterocycles. The Morgan fingerprint density at radius 1 is 1.73 bits per heavy atom. The molecule has 15 heavy (non-hydrogen) atoms. The fraction of sp³-hybridized carbons (Fsp3) is 0.400. The van der Waals surface area contributed by atoms with E-state index in [0.29, 0.717) is 5.69 Å². The number of rotatable bonds is 5. The highest BCUT2D eigenvalue weighted by molar-refractivity contribution is 8.00. The number of nitrogens with one attached hydrogen (secondary N) is 1. The molecular formula is C10H15N3OS. The van der Waals surface area contributed by atoms with Crippen molar-refractivity contribution in [3.05, 3.63) is 24.0 Å². The van der Waals surface area contributed by atoms with E-state index in [4.69, 9.17) is 16.2 Å². The van der Waals surface area contributed by atoms with Crippen LogP contribution in [0.15, 0.2) is 23.2 Å². The highest BCUT2D eigenvalue weighted by atomic mass is 32.2. The van der Waals surface area contributed by atoms with Crippen molar-refractivity contribution in [2.75, 3.05) is 6.61 Å².